The summed E-state index contributed by atoms with van der Waals surface area (Å²) in [5.41, 5.74) is 2.95. The Hall–Kier alpha value is -4.46. The van der Waals surface area contributed by atoms with Crippen LogP contribution < -0.4 is 0 Å². The first-order valence-electron chi connectivity index (χ1n) is 33.3. The van der Waals surface area contributed by atoms with Gasteiger partial charge in [0.05, 0.1) is 13.2 Å². The molecule has 8 nitrogen and oxygen atoms in total. The highest BCUT2D eigenvalue weighted by Gasteiger charge is 2.43. The summed E-state index contributed by atoms with van der Waals surface area (Å²) < 4.78 is 11.3. The number of rotatable bonds is 42. The van der Waals surface area contributed by atoms with E-state index in [-0.39, 0.29) is 58.6 Å². The van der Waals surface area contributed by atoms with Gasteiger partial charge in [-0.05, 0) is 75.0 Å². The first-order valence-corrected chi connectivity index (χ1v) is 33.3. The van der Waals surface area contributed by atoms with Gasteiger partial charge in [0.25, 0.3) is 0 Å². The zero-order valence-electron chi connectivity index (χ0n) is 53.7. The van der Waals surface area contributed by atoms with Gasteiger partial charge in [-0.1, -0.05) is 293 Å². The molecule has 8 heteroatoms. The normalized spacial score (nSPS) is 17.9. The molecule has 2 aliphatic carbocycles. The van der Waals surface area contributed by atoms with E-state index in [2.05, 4.69) is 53.7 Å². The monoisotopic (exact) mass is 1130 g/mol. The summed E-state index contributed by atoms with van der Waals surface area (Å²) in [5.74, 6) is -4.41. The Bertz CT molecular complexity index is 2200. The van der Waals surface area contributed by atoms with Gasteiger partial charge in [0, 0.05) is 35.8 Å². The van der Waals surface area contributed by atoms with Crippen molar-refractivity contribution in [2.45, 2.75) is 275 Å². The van der Waals surface area contributed by atoms with Gasteiger partial charge in [0.15, 0.2) is 11.6 Å². The summed E-state index contributed by atoms with van der Waals surface area (Å²) in [4.78, 5) is 80.6. The zero-order valence-corrected chi connectivity index (χ0v) is 53.7. The molecule has 0 saturated heterocycles. The van der Waals surface area contributed by atoms with E-state index in [1.54, 1.807) is 48.5 Å². The van der Waals surface area contributed by atoms with E-state index >= 15 is 0 Å². The highest BCUT2D eigenvalue weighted by atomic mass is 16.5. The van der Waals surface area contributed by atoms with Crippen LogP contribution in [0.25, 0.3) is 0 Å². The van der Waals surface area contributed by atoms with Crippen molar-refractivity contribution in [1.29, 1.82) is 0 Å². The predicted octanol–water partition coefficient (Wildman–Crippen LogP) is 20.2. The van der Waals surface area contributed by atoms with Crippen LogP contribution in [0, 0.1) is 46.3 Å². The number of carbonyl (C=O) groups excluding carboxylic acids is 6. The second kappa shape index (κ2) is 40.7. The molecule has 2 aromatic rings. The zero-order chi connectivity index (χ0) is 60.2. The highest BCUT2D eigenvalue weighted by Crippen LogP contribution is 2.44. The number of benzene rings is 2. The average Bonchev–Trinajstić information content (AvgIpc) is 3.61. The van der Waals surface area contributed by atoms with Crippen LogP contribution in [0.5, 0.6) is 0 Å². The third kappa shape index (κ3) is 26.6. The van der Waals surface area contributed by atoms with Crippen LogP contribution in [0.3, 0.4) is 0 Å². The SMILES string of the molecule is CCCCCCCCCCCCCCCCOC(=O)C(C(=O)c1ccccc1)C(C)CC(=O)C1C(C)=CCCC1(C)C.CCCCCCCCCCCCCCOC(=O)C(C(=O)c1ccccc1)C(C)CC(=O)C1C(C)=CCCC1(C)C. The summed E-state index contributed by atoms with van der Waals surface area (Å²) in [6, 6.07) is 17.9. The summed E-state index contributed by atoms with van der Waals surface area (Å²) in [7, 11) is 0. The van der Waals surface area contributed by atoms with Crippen LogP contribution in [0.1, 0.15) is 295 Å². The lowest BCUT2D eigenvalue weighted by molar-refractivity contribution is -0.150. The molecule has 82 heavy (non-hydrogen) atoms. The van der Waals surface area contributed by atoms with Gasteiger partial charge in [-0.3, -0.25) is 28.8 Å². The van der Waals surface area contributed by atoms with Crippen LogP contribution in [0.15, 0.2) is 84.0 Å². The number of unbranched alkanes of at least 4 members (excludes halogenated alkanes) is 24. The van der Waals surface area contributed by atoms with Crippen LogP contribution >= 0.6 is 0 Å². The fourth-order valence-electron chi connectivity index (χ4n) is 13.1. The largest absolute Gasteiger partial charge is 0.465 e. The molecular weight excluding hydrogens is 1020 g/mol. The number of ether oxygens (including phenoxy) is 2. The van der Waals surface area contributed by atoms with Crippen molar-refractivity contribution >= 4 is 35.1 Å². The van der Waals surface area contributed by atoms with Gasteiger partial charge in [0.2, 0.25) is 0 Å². The molecule has 2 aliphatic rings. The van der Waals surface area contributed by atoms with Gasteiger partial charge < -0.3 is 9.47 Å². The Morgan fingerprint density at radius 3 is 0.963 bits per heavy atom. The van der Waals surface area contributed by atoms with E-state index in [9.17, 15) is 28.8 Å². The molecule has 0 spiro atoms. The number of ketones is 4. The molecular formula is C74H116O8. The quantitative estimate of drug-likeness (QED) is 0.0212. The summed E-state index contributed by atoms with van der Waals surface area (Å²) in [6.45, 7) is 21.5. The molecule has 0 amide bonds. The molecule has 0 fully saturated rings. The number of carbonyl (C=O) groups is 6. The minimum atomic E-state index is -0.973. The maximum absolute atomic E-state index is 13.5. The van der Waals surface area contributed by atoms with E-state index in [0.717, 1.165) is 75.4 Å². The van der Waals surface area contributed by atoms with Crippen LogP contribution in [-0.2, 0) is 28.7 Å². The molecule has 0 saturated carbocycles. The number of allylic oxidation sites excluding steroid dienone is 4. The van der Waals surface area contributed by atoms with Gasteiger partial charge in [0.1, 0.15) is 23.4 Å². The van der Waals surface area contributed by atoms with Gasteiger partial charge in [-0.15, -0.1) is 0 Å². The minimum absolute atomic E-state index is 0.116. The summed E-state index contributed by atoms with van der Waals surface area (Å²) in [5, 5.41) is 0. The Morgan fingerprint density at radius 1 is 0.427 bits per heavy atom. The standard InChI is InChI=1S/C38H60O4.C36H56O4/c1-6-7-8-9-10-11-12-13-14-15-16-17-18-22-28-42-37(41)34(36(40)32-25-20-19-21-26-32)31(3)29-33(39)35-30(2)24-23-27-38(35,4)5;1-6-7-8-9-10-11-12-13-14-15-16-20-26-40-35(39)32(34(38)30-23-18-17-19-24-30)29(3)27-31(37)33-28(2)22-21-25-36(33,4)5/h19-21,24-26,31,34-35H,6-18,22-23,27-29H2,1-5H3;17-19,22-24,29,32-33H,6-16,20-21,25-27H2,1-5H3. The molecule has 6 atom stereocenters. The number of Topliss-reactive ketones (excluding diaryl/α,β-unsaturated/α-hetero) is 4. The third-order valence-corrected chi connectivity index (χ3v) is 18.0. The number of hydrogen-bond acceptors (Lipinski definition) is 8. The van der Waals surface area contributed by atoms with Gasteiger partial charge >= 0.3 is 11.9 Å². The Morgan fingerprint density at radius 2 is 0.695 bits per heavy atom. The fraction of sp³-hybridized carbons (Fsp3) is 0.703. The lowest BCUT2D eigenvalue weighted by Gasteiger charge is -2.38. The van der Waals surface area contributed by atoms with E-state index in [0.29, 0.717) is 24.3 Å². The molecule has 0 aliphatic heterocycles. The Labute approximate surface area is 500 Å². The molecule has 0 bridgehead atoms. The van der Waals surface area contributed by atoms with Gasteiger partial charge in [-0.25, -0.2) is 0 Å². The molecule has 6 unspecified atom stereocenters. The van der Waals surface area contributed by atoms with Crippen molar-refractivity contribution in [3.8, 4) is 0 Å². The number of hydrogen-bond donors (Lipinski definition) is 0. The van der Waals surface area contributed by atoms with Crippen molar-refractivity contribution in [3.05, 3.63) is 95.1 Å². The molecule has 2 aromatic carbocycles. The van der Waals surface area contributed by atoms with Crippen LogP contribution in [0.2, 0.25) is 0 Å². The maximum atomic E-state index is 13.5. The lowest BCUT2D eigenvalue weighted by atomic mass is 9.65. The molecule has 0 heterocycles. The molecule has 0 N–H and O–H groups in total. The third-order valence-electron chi connectivity index (χ3n) is 18.0. The van der Waals surface area contributed by atoms with Gasteiger partial charge in [-0.2, -0.15) is 0 Å². The van der Waals surface area contributed by atoms with E-state index in [4.69, 9.17) is 9.47 Å². The smallest absolute Gasteiger partial charge is 0.317 e. The second-order valence-electron chi connectivity index (χ2n) is 26.3. The van der Waals surface area contributed by atoms with E-state index in [1.807, 2.05) is 39.8 Å². The lowest BCUT2D eigenvalue weighted by Crippen LogP contribution is -2.38. The first-order chi connectivity index (χ1) is 39.4. The topological polar surface area (TPSA) is 121 Å². The van der Waals surface area contributed by atoms with Crippen molar-refractivity contribution in [1.82, 2.24) is 0 Å². The van der Waals surface area contributed by atoms with Crippen molar-refractivity contribution < 1.29 is 38.2 Å². The van der Waals surface area contributed by atoms with Crippen LogP contribution in [0.4, 0.5) is 0 Å². The predicted molar refractivity (Wildman–Crippen MR) is 340 cm³/mol. The fourth-order valence-corrected chi connectivity index (χ4v) is 13.1. The molecule has 4 rings (SSSR count). The molecule has 460 valence electrons. The molecule has 0 aromatic heterocycles. The molecule has 0 radical (unpaired) electrons. The second-order valence-corrected chi connectivity index (χ2v) is 26.3. The summed E-state index contributed by atoms with van der Waals surface area (Å²) in [6.07, 6.45) is 41.3. The first kappa shape index (κ1) is 71.8. The Balaban J connectivity index is 0.000000431. The van der Waals surface area contributed by atoms with Crippen molar-refractivity contribution in [3.63, 3.8) is 0 Å². The van der Waals surface area contributed by atoms with Crippen molar-refractivity contribution in [2.24, 2.45) is 46.3 Å². The van der Waals surface area contributed by atoms with Crippen LogP contribution in [-0.4, -0.2) is 48.3 Å². The summed E-state index contributed by atoms with van der Waals surface area (Å²) >= 11 is 0. The number of esters is 2. The maximum Gasteiger partial charge on any atom is 0.317 e. The highest BCUT2D eigenvalue weighted by molar-refractivity contribution is 6.10. The minimum Gasteiger partial charge on any atom is -0.465 e. The van der Waals surface area contributed by atoms with Crippen molar-refractivity contribution in [2.75, 3.05) is 13.2 Å². The Kier molecular flexibility index (Phi) is 35.7. The van der Waals surface area contributed by atoms with E-state index in [1.165, 1.54) is 128 Å². The van der Waals surface area contributed by atoms with E-state index < -0.39 is 35.6 Å². The average molecular weight is 1130 g/mol.